The maximum absolute atomic E-state index is 14.5. The van der Waals surface area contributed by atoms with Gasteiger partial charge in [0.05, 0.1) is 16.4 Å². The van der Waals surface area contributed by atoms with Gasteiger partial charge < -0.3 is 5.32 Å². The third kappa shape index (κ3) is 6.25. The third-order valence-corrected chi connectivity index (χ3v) is 6.20. The summed E-state index contributed by atoms with van der Waals surface area (Å²) >= 11 is 8.04. The molecule has 5 nitrogen and oxygen atoms in total. The Bertz CT molecular complexity index is 1200. The molecule has 0 aliphatic rings. The lowest BCUT2D eigenvalue weighted by atomic mass is 10.2. The summed E-state index contributed by atoms with van der Waals surface area (Å²) in [6.07, 6.45) is 0.382. The Kier molecular flexibility index (Phi) is 7.68. The lowest BCUT2D eigenvalue weighted by Gasteiger charge is -2.15. The number of anilines is 3. The van der Waals surface area contributed by atoms with Crippen LogP contribution in [-0.4, -0.2) is 15.0 Å². The van der Waals surface area contributed by atoms with Gasteiger partial charge in [-0.25, -0.2) is 13.2 Å². The average molecular weight is 582 g/mol. The highest BCUT2D eigenvalue weighted by atomic mass is 127. The minimum atomic E-state index is -4.26. The van der Waals surface area contributed by atoms with E-state index >= 15 is 0 Å². The van der Waals surface area contributed by atoms with Crippen LogP contribution in [0.1, 0.15) is 5.56 Å². The second-order valence-corrected chi connectivity index (χ2v) is 9.55. The van der Waals surface area contributed by atoms with Crippen LogP contribution in [-0.2, 0) is 16.6 Å². The van der Waals surface area contributed by atoms with Crippen LogP contribution in [0, 0.1) is 21.0 Å². The summed E-state index contributed by atoms with van der Waals surface area (Å²) in [5.41, 5.74) is -0.601. The largest absolute Gasteiger partial charge is 0.349 e. The van der Waals surface area contributed by atoms with Crippen LogP contribution in [0.25, 0.3) is 0 Å². The van der Waals surface area contributed by atoms with Crippen molar-refractivity contribution in [1.82, 2.24) is 4.72 Å². The summed E-state index contributed by atoms with van der Waals surface area (Å²) in [5.74, 6) is -4.34. The van der Waals surface area contributed by atoms with Gasteiger partial charge in [-0.15, -0.1) is 0 Å². The van der Waals surface area contributed by atoms with Crippen LogP contribution >= 0.6 is 34.2 Å². The van der Waals surface area contributed by atoms with Gasteiger partial charge in [-0.3, -0.25) is 4.72 Å². The summed E-state index contributed by atoms with van der Waals surface area (Å²) in [6, 6.07) is 14.3. The maximum atomic E-state index is 14.5. The highest BCUT2D eigenvalue weighted by molar-refractivity contribution is 14.1. The molecule has 3 rings (SSSR count). The van der Waals surface area contributed by atoms with Crippen LogP contribution in [0.3, 0.4) is 0 Å². The molecular formula is C20H16ClF3IN3O2S. The van der Waals surface area contributed by atoms with E-state index in [9.17, 15) is 21.6 Å². The van der Waals surface area contributed by atoms with Crippen LogP contribution in [0.4, 0.5) is 30.2 Å². The zero-order valence-corrected chi connectivity index (χ0v) is 19.5. The van der Waals surface area contributed by atoms with Crippen molar-refractivity contribution in [3.63, 3.8) is 0 Å². The number of rotatable bonds is 8. The molecule has 3 aromatic carbocycles. The fourth-order valence-electron chi connectivity index (χ4n) is 2.66. The Balaban J connectivity index is 1.74. The molecule has 0 unspecified atom stereocenters. The van der Waals surface area contributed by atoms with Crippen molar-refractivity contribution >= 4 is 61.5 Å². The summed E-state index contributed by atoms with van der Waals surface area (Å²) < 4.78 is 72.5. The molecule has 31 heavy (non-hydrogen) atoms. The first-order valence-corrected chi connectivity index (χ1v) is 11.8. The molecule has 0 aliphatic carbocycles. The second-order valence-electron chi connectivity index (χ2n) is 6.39. The predicted octanol–water partition coefficient (Wildman–Crippen LogP) is 5.59. The molecule has 0 atom stereocenters. The summed E-state index contributed by atoms with van der Waals surface area (Å²) in [4.78, 5) is 0. The van der Waals surface area contributed by atoms with E-state index in [2.05, 4.69) is 10.0 Å². The van der Waals surface area contributed by atoms with Gasteiger partial charge in [0.2, 0.25) is 0 Å². The molecule has 0 bridgehead atoms. The smallest absolute Gasteiger partial charge is 0.299 e. The van der Waals surface area contributed by atoms with Crippen molar-refractivity contribution in [2.75, 3.05) is 16.6 Å². The van der Waals surface area contributed by atoms with Crippen molar-refractivity contribution in [1.29, 1.82) is 0 Å². The first kappa shape index (κ1) is 23.6. The van der Waals surface area contributed by atoms with Gasteiger partial charge >= 0.3 is 0 Å². The zero-order valence-electron chi connectivity index (χ0n) is 15.7. The van der Waals surface area contributed by atoms with Gasteiger partial charge in [0.1, 0.15) is 5.69 Å². The SMILES string of the molecule is O=S(=O)(NCCc1ccccc1)Nc1cc(F)c(Nc2ccc(I)cc2Cl)c(F)c1F. The molecule has 0 fully saturated rings. The fourth-order valence-corrected chi connectivity index (χ4v) is 4.45. The molecule has 0 amide bonds. The second kappa shape index (κ2) is 10.1. The normalized spacial score (nSPS) is 11.4. The third-order valence-electron chi connectivity index (χ3n) is 4.14. The maximum Gasteiger partial charge on any atom is 0.299 e. The molecule has 164 valence electrons. The van der Waals surface area contributed by atoms with Crippen molar-refractivity contribution in [2.45, 2.75) is 6.42 Å². The van der Waals surface area contributed by atoms with E-state index in [-0.39, 0.29) is 17.3 Å². The van der Waals surface area contributed by atoms with Gasteiger partial charge in [0.25, 0.3) is 10.2 Å². The Morgan fingerprint density at radius 3 is 2.32 bits per heavy atom. The molecule has 0 aliphatic heterocycles. The minimum absolute atomic E-state index is 0.0108. The zero-order chi connectivity index (χ0) is 22.6. The number of halogens is 5. The highest BCUT2D eigenvalue weighted by Crippen LogP contribution is 2.33. The Morgan fingerprint density at radius 2 is 1.65 bits per heavy atom. The van der Waals surface area contributed by atoms with Gasteiger partial charge in [-0.2, -0.15) is 13.1 Å². The average Bonchev–Trinajstić information content (AvgIpc) is 2.71. The lowest BCUT2D eigenvalue weighted by Crippen LogP contribution is -2.32. The molecule has 3 aromatic rings. The van der Waals surface area contributed by atoms with Crippen LogP contribution in [0.2, 0.25) is 5.02 Å². The van der Waals surface area contributed by atoms with Crippen molar-refractivity contribution in [2.24, 2.45) is 0 Å². The van der Waals surface area contributed by atoms with E-state index in [4.69, 9.17) is 11.6 Å². The molecule has 0 radical (unpaired) electrons. The van der Waals surface area contributed by atoms with Crippen LogP contribution in [0.5, 0.6) is 0 Å². The molecule has 0 heterocycles. The van der Waals surface area contributed by atoms with Gasteiger partial charge in [-0.1, -0.05) is 41.9 Å². The first-order valence-electron chi connectivity index (χ1n) is 8.87. The fraction of sp³-hybridized carbons (Fsp3) is 0.100. The first-order chi connectivity index (χ1) is 14.7. The molecule has 0 aromatic heterocycles. The van der Waals surface area contributed by atoms with Crippen molar-refractivity contribution < 1.29 is 21.6 Å². The molecule has 0 saturated carbocycles. The standard InChI is InChI=1S/C20H16ClF3IN3O2S/c21-14-10-13(25)6-7-16(14)27-20-15(22)11-17(18(23)19(20)24)28-31(29,30)26-9-8-12-4-2-1-3-5-12/h1-7,10-11,26-28H,8-9H2. The van der Waals surface area contributed by atoms with E-state index in [1.165, 1.54) is 6.07 Å². The lowest BCUT2D eigenvalue weighted by molar-refractivity contribution is 0.503. The van der Waals surface area contributed by atoms with E-state index in [0.717, 1.165) is 9.13 Å². The van der Waals surface area contributed by atoms with E-state index < -0.39 is 39.0 Å². The molecule has 3 N–H and O–H groups in total. The van der Waals surface area contributed by atoms with Crippen molar-refractivity contribution in [3.8, 4) is 0 Å². The quantitative estimate of drug-likeness (QED) is 0.240. The van der Waals surface area contributed by atoms with E-state index in [1.807, 2.05) is 57.6 Å². The Labute approximate surface area is 196 Å². The molecule has 0 saturated heterocycles. The monoisotopic (exact) mass is 581 g/mol. The predicted molar refractivity (Wildman–Crippen MR) is 124 cm³/mol. The summed E-state index contributed by atoms with van der Waals surface area (Å²) in [5, 5.41) is 2.58. The molecule has 11 heteroatoms. The number of benzene rings is 3. The Hall–Kier alpha value is -2.02. The van der Waals surface area contributed by atoms with E-state index in [0.29, 0.717) is 12.5 Å². The minimum Gasteiger partial charge on any atom is -0.349 e. The van der Waals surface area contributed by atoms with E-state index in [1.54, 1.807) is 12.1 Å². The molecule has 0 spiro atoms. The number of hydrogen-bond acceptors (Lipinski definition) is 3. The van der Waals surface area contributed by atoms with Gasteiger partial charge in [-0.05, 0) is 52.8 Å². The highest BCUT2D eigenvalue weighted by Gasteiger charge is 2.22. The van der Waals surface area contributed by atoms with Crippen LogP contribution in [0.15, 0.2) is 54.6 Å². The number of hydrogen-bond donors (Lipinski definition) is 3. The number of nitrogens with one attached hydrogen (secondary N) is 3. The summed E-state index contributed by atoms with van der Waals surface area (Å²) in [7, 11) is -4.26. The summed E-state index contributed by atoms with van der Waals surface area (Å²) in [6.45, 7) is 0.0108. The Morgan fingerprint density at radius 1 is 0.935 bits per heavy atom. The molecular weight excluding hydrogens is 566 g/mol. The van der Waals surface area contributed by atoms with Gasteiger partial charge in [0, 0.05) is 16.2 Å². The van der Waals surface area contributed by atoms with Crippen molar-refractivity contribution in [3.05, 3.63) is 86.2 Å². The topological polar surface area (TPSA) is 70.2 Å². The van der Waals surface area contributed by atoms with Gasteiger partial charge in [0.15, 0.2) is 17.5 Å². The van der Waals surface area contributed by atoms with Crippen LogP contribution < -0.4 is 14.8 Å².